The van der Waals surface area contributed by atoms with Gasteiger partial charge in [0.1, 0.15) is 11.6 Å². The molecule has 1 heterocycles. The third kappa shape index (κ3) is 4.43. The number of anilines is 2. The molecule has 118 valence electrons. The van der Waals surface area contributed by atoms with Crippen LogP contribution in [-0.2, 0) is 6.18 Å². The van der Waals surface area contributed by atoms with Crippen LogP contribution in [0.1, 0.15) is 31.7 Å². The molecule has 0 aliphatic heterocycles. The largest absolute Gasteiger partial charge is 0.416 e. The molecule has 0 saturated heterocycles. The lowest BCUT2D eigenvalue weighted by Gasteiger charge is -2.16. The molecule has 2 atom stereocenters. The second kappa shape index (κ2) is 6.77. The van der Waals surface area contributed by atoms with Gasteiger partial charge in [0.15, 0.2) is 0 Å². The molecule has 2 unspecified atom stereocenters. The fraction of sp³-hybridized carbons (Fsp3) is 0.643. The molecule has 1 aromatic rings. The first-order valence-corrected chi connectivity index (χ1v) is 8.12. The van der Waals surface area contributed by atoms with Crippen molar-refractivity contribution < 1.29 is 13.2 Å². The van der Waals surface area contributed by atoms with Crippen molar-refractivity contribution in [3.63, 3.8) is 0 Å². The highest BCUT2D eigenvalue weighted by Crippen LogP contribution is 2.34. The first kappa shape index (κ1) is 16.3. The van der Waals surface area contributed by atoms with Gasteiger partial charge in [-0.2, -0.15) is 24.9 Å². The Morgan fingerprint density at radius 3 is 2.62 bits per heavy atom. The summed E-state index contributed by atoms with van der Waals surface area (Å²) in [7, 11) is 1.57. The molecular weight excluding hydrogens is 299 g/mol. The van der Waals surface area contributed by atoms with Crippen LogP contribution >= 0.6 is 11.8 Å². The zero-order chi connectivity index (χ0) is 15.5. The van der Waals surface area contributed by atoms with Gasteiger partial charge in [-0.25, -0.2) is 4.98 Å². The zero-order valence-corrected chi connectivity index (χ0v) is 12.9. The molecule has 2 N–H and O–H groups in total. The summed E-state index contributed by atoms with van der Waals surface area (Å²) in [6.07, 6.45) is -1.30. The van der Waals surface area contributed by atoms with E-state index in [1.165, 1.54) is 0 Å². The summed E-state index contributed by atoms with van der Waals surface area (Å²) in [6, 6.07) is 2.31. The Morgan fingerprint density at radius 1 is 1.29 bits per heavy atom. The van der Waals surface area contributed by atoms with Crippen molar-refractivity contribution in [3.05, 3.63) is 17.7 Å². The Morgan fingerprint density at radius 2 is 2.00 bits per heavy atom. The second-order valence-electron chi connectivity index (χ2n) is 5.11. The van der Waals surface area contributed by atoms with Crippen molar-refractivity contribution in [2.24, 2.45) is 0 Å². The lowest BCUT2D eigenvalue weighted by molar-refractivity contribution is -0.137. The number of hydrogen-bond donors (Lipinski definition) is 2. The molecular formula is C14H20F3N3S. The maximum Gasteiger partial charge on any atom is 0.416 e. The molecule has 1 aliphatic rings. The molecule has 1 aromatic heterocycles. The van der Waals surface area contributed by atoms with Gasteiger partial charge in [-0.15, -0.1) is 0 Å². The van der Waals surface area contributed by atoms with E-state index in [0.29, 0.717) is 11.1 Å². The van der Waals surface area contributed by atoms with Crippen molar-refractivity contribution in [1.82, 2.24) is 4.98 Å². The summed E-state index contributed by atoms with van der Waals surface area (Å²) >= 11 is 1.92. The first-order valence-electron chi connectivity index (χ1n) is 7.07. The predicted molar refractivity (Wildman–Crippen MR) is 82.0 cm³/mol. The fourth-order valence-electron chi connectivity index (χ4n) is 2.56. The van der Waals surface area contributed by atoms with Crippen LogP contribution in [0.4, 0.5) is 24.8 Å². The average molecular weight is 319 g/mol. The van der Waals surface area contributed by atoms with Gasteiger partial charge < -0.3 is 10.6 Å². The van der Waals surface area contributed by atoms with Crippen LogP contribution in [0.2, 0.25) is 0 Å². The minimum Gasteiger partial charge on any atom is -0.373 e. The maximum atomic E-state index is 12.9. The number of nitrogens with zero attached hydrogens (tertiary/aromatic N) is 1. The van der Waals surface area contributed by atoms with E-state index in [-0.39, 0.29) is 11.9 Å². The predicted octanol–water partition coefficient (Wildman–Crippen LogP) is 4.23. The van der Waals surface area contributed by atoms with Gasteiger partial charge in [0.05, 0.1) is 5.56 Å². The smallest absolute Gasteiger partial charge is 0.373 e. The lowest BCUT2D eigenvalue weighted by atomic mass is 10.2. The summed E-state index contributed by atoms with van der Waals surface area (Å²) in [6.45, 7) is 2.12. The number of alkyl halides is 3. The Labute approximate surface area is 127 Å². The minimum absolute atomic E-state index is 0.203. The van der Waals surface area contributed by atoms with E-state index < -0.39 is 11.7 Å². The molecule has 1 aliphatic carbocycles. The molecule has 0 radical (unpaired) electrons. The molecule has 7 heteroatoms. The molecule has 0 spiro atoms. The summed E-state index contributed by atoms with van der Waals surface area (Å²) in [4.78, 5) is 4.17. The Bertz CT molecular complexity index is 479. The van der Waals surface area contributed by atoms with Crippen molar-refractivity contribution in [1.29, 1.82) is 0 Å². The molecule has 0 bridgehead atoms. The molecule has 1 fully saturated rings. The SMILES string of the molecule is CCSC1CCC(Nc2cc(C(F)(F)F)cc(NC)n2)C1. The molecule has 2 rings (SSSR count). The van der Waals surface area contributed by atoms with E-state index in [9.17, 15) is 13.2 Å². The Kier molecular flexibility index (Phi) is 5.24. The molecule has 0 amide bonds. The van der Waals surface area contributed by atoms with Crippen molar-refractivity contribution >= 4 is 23.4 Å². The van der Waals surface area contributed by atoms with E-state index >= 15 is 0 Å². The van der Waals surface area contributed by atoms with Gasteiger partial charge in [-0.05, 0) is 37.1 Å². The Balaban J connectivity index is 2.09. The van der Waals surface area contributed by atoms with Gasteiger partial charge in [0, 0.05) is 18.3 Å². The van der Waals surface area contributed by atoms with Crippen LogP contribution in [0.5, 0.6) is 0 Å². The standard InChI is InChI=1S/C14H20F3N3S/c1-3-21-11-5-4-10(8-11)19-13-7-9(14(15,16)17)6-12(18-2)20-13/h6-7,10-11H,3-5,8H2,1-2H3,(H2,18,19,20). The van der Waals surface area contributed by atoms with Crippen molar-refractivity contribution in [3.8, 4) is 0 Å². The van der Waals surface area contributed by atoms with Crippen LogP contribution in [0.15, 0.2) is 12.1 Å². The van der Waals surface area contributed by atoms with Gasteiger partial charge in [0.25, 0.3) is 0 Å². The topological polar surface area (TPSA) is 37.0 Å². The Hall–Kier alpha value is -1.11. The van der Waals surface area contributed by atoms with Crippen LogP contribution in [0.25, 0.3) is 0 Å². The van der Waals surface area contributed by atoms with Gasteiger partial charge in [0.2, 0.25) is 0 Å². The highest BCUT2D eigenvalue weighted by atomic mass is 32.2. The quantitative estimate of drug-likeness (QED) is 0.852. The summed E-state index contributed by atoms with van der Waals surface area (Å²) < 4.78 is 38.6. The number of nitrogens with one attached hydrogen (secondary N) is 2. The van der Waals surface area contributed by atoms with Crippen LogP contribution in [-0.4, -0.2) is 29.1 Å². The van der Waals surface area contributed by atoms with Crippen molar-refractivity contribution in [2.75, 3.05) is 23.4 Å². The fourth-order valence-corrected chi connectivity index (χ4v) is 3.71. The molecule has 1 saturated carbocycles. The van der Waals surface area contributed by atoms with Gasteiger partial charge in [-0.1, -0.05) is 6.92 Å². The van der Waals surface area contributed by atoms with Gasteiger partial charge in [-0.3, -0.25) is 0 Å². The summed E-state index contributed by atoms with van der Waals surface area (Å²) in [5.74, 6) is 1.59. The van der Waals surface area contributed by atoms with E-state index in [4.69, 9.17) is 0 Å². The van der Waals surface area contributed by atoms with Crippen LogP contribution in [0.3, 0.4) is 0 Å². The number of pyridine rings is 1. The third-order valence-corrected chi connectivity index (χ3v) is 4.78. The zero-order valence-electron chi connectivity index (χ0n) is 12.1. The number of halogens is 3. The highest BCUT2D eigenvalue weighted by molar-refractivity contribution is 7.99. The van der Waals surface area contributed by atoms with Crippen LogP contribution < -0.4 is 10.6 Å². The third-order valence-electron chi connectivity index (χ3n) is 3.55. The maximum absolute atomic E-state index is 12.9. The normalized spacial score (nSPS) is 22.3. The summed E-state index contributed by atoms with van der Waals surface area (Å²) in [5, 5.41) is 6.43. The number of hydrogen-bond acceptors (Lipinski definition) is 4. The minimum atomic E-state index is -4.36. The lowest BCUT2D eigenvalue weighted by Crippen LogP contribution is -2.18. The summed E-state index contributed by atoms with van der Waals surface area (Å²) in [5.41, 5.74) is -0.679. The second-order valence-corrected chi connectivity index (χ2v) is 6.68. The average Bonchev–Trinajstić information content (AvgIpc) is 2.85. The molecule has 3 nitrogen and oxygen atoms in total. The van der Waals surface area contributed by atoms with E-state index in [2.05, 4.69) is 22.5 Å². The van der Waals surface area contributed by atoms with E-state index in [1.807, 2.05) is 11.8 Å². The first-order chi connectivity index (χ1) is 9.92. The number of aromatic nitrogens is 1. The molecule has 0 aromatic carbocycles. The monoisotopic (exact) mass is 319 g/mol. The van der Waals surface area contributed by atoms with E-state index in [0.717, 1.165) is 37.1 Å². The van der Waals surface area contributed by atoms with Crippen molar-refractivity contribution in [2.45, 2.75) is 43.7 Å². The van der Waals surface area contributed by atoms with Crippen LogP contribution in [0, 0.1) is 0 Å². The number of rotatable bonds is 5. The highest BCUT2D eigenvalue weighted by Gasteiger charge is 2.32. The van der Waals surface area contributed by atoms with E-state index in [1.54, 1.807) is 7.05 Å². The molecule has 21 heavy (non-hydrogen) atoms. The number of thioether (sulfide) groups is 1. The van der Waals surface area contributed by atoms with Gasteiger partial charge >= 0.3 is 6.18 Å².